The van der Waals surface area contributed by atoms with Crippen LogP contribution in [0.25, 0.3) is 0 Å². The van der Waals surface area contributed by atoms with Crippen molar-refractivity contribution in [3.8, 4) is 0 Å². The van der Waals surface area contributed by atoms with Crippen molar-refractivity contribution in [2.24, 2.45) is 5.92 Å². The lowest BCUT2D eigenvalue weighted by molar-refractivity contribution is -0.118. The molecule has 1 fully saturated rings. The fourth-order valence-corrected chi connectivity index (χ4v) is 4.33. The molecular formula is C22H30ClN3O. The van der Waals surface area contributed by atoms with Crippen molar-refractivity contribution < 1.29 is 4.79 Å². The van der Waals surface area contributed by atoms with E-state index in [1.165, 1.54) is 32.1 Å². The van der Waals surface area contributed by atoms with Gasteiger partial charge in [0.2, 0.25) is 0 Å². The second-order valence-corrected chi connectivity index (χ2v) is 8.11. The molecule has 4 nitrogen and oxygen atoms in total. The van der Waals surface area contributed by atoms with Crippen LogP contribution in [0.5, 0.6) is 0 Å². The maximum absolute atomic E-state index is 12.5. The number of ketones is 1. The standard InChI is InChI=1S/C22H30ClN3O/c1-3-26-21(13-11-17-7-4-5-8-17)24-25-22(26)14-12-19(27)15-18-9-6-10-20(23)16(18)2/h6,9-10,17H,3-5,7-8,11-15H2,1-2H3. The number of hydrogen-bond acceptors (Lipinski definition) is 3. The maximum Gasteiger partial charge on any atom is 0.137 e. The first-order valence-electron chi connectivity index (χ1n) is 10.2. The smallest absolute Gasteiger partial charge is 0.137 e. The molecule has 0 atom stereocenters. The third kappa shape index (κ3) is 5.19. The number of aromatic nitrogens is 3. The van der Waals surface area contributed by atoms with Gasteiger partial charge in [-0.1, -0.05) is 49.4 Å². The first kappa shape index (κ1) is 20.1. The SMILES string of the molecule is CCn1c(CCC(=O)Cc2cccc(Cl)c2C)nnc1CCC1CCCC1. The Morgan fingerprint density at radius 3 is 2.59 bits per heavy atom. The van der Waals surface area contributed by atoms with Gasteiger partial charge in [-0.3, -0.25) is 4.79 Å². The molecule has 1 saturated carbocycles. The monoisotopic (exact) mass is 387 g/mol. The highest BCUT2D eigenvalue weighted by Crippen LogP contribution is 2.28. The second-order valence-electron chi connectivity index (χ2n) is 7.71. The van der Waals surface area contributed by atoms with Gasteiger partial charge in [0.1, 0.15) is 17.4 Å². The average Bonchev–Trinajstić information content (AvgIpc) is 3.31. The van der Waals surface area contributed by atoms with Gasteiger partial charge in [0, 0.05) is 37.3 Å². The molecule has 27 heavy (non-hydrogen) atoms. The van der Waals surface area contributed by atoms with Crippen molar-refractivity contribution in [3.63, 3.8) is 0 Å². The number of halogens is 1. The van der Waals surface area contributed by atoms with E-state index in [-0.39, 0.29) is 5.78 Å². The summed E-state index contributed by atoms with van der Waals surface area (Å²) in [5.41, 5.74) is 2.01. The van der Waals surface area contributed by atoms with E-state index >= 15 is 0 Å². The number of carbonyl (C=O) groups excluding carboxylic acids is 1. The number of carbonyl (C=O) groups is 1. The minimum Gasteiger partial charge on any atom is -0.315 e. The molecule has 0 amide bonds. The van der Waals surface area contributed by atoms with Crippen LogP contribution < -0.4 is 0 Å². The Bertz CT molecular complexity index is 778. The fourth-order valence-electron chi connectivity index (χ4n) is 4.14. The Morgan fingerprint density at radius 1 is 1.19 bits per heavy atom. The summed E-state index contributed by atoms with van der Waals surface area (Å²) in [5, 5.41) is 9.52. The highest BCUT2D eigenvalue weighted by molar-refractivity contribution is 6.31. The van der Waals surface area contributed by atoms with Gasteiger partial charge in [-0.25, -0.2) is 0 Å². The predicted octanol–water partition coefficient (Wildman–Crippen LogP) is 5.13. The van der Waals surface area contributed by atoms with Gasteiger partial charge >= 0.3 is 0 Å². The first-order valence-corrected chi connectivity index (χ1v) is 10.6. The lowest BCUT2D eigenvalue weighted by atomic mass is 10.0. The van der Waals surface area contributed by atoms with Crippen LogP contribution in [0.3, 0.4) is 0 Å². The quantitative estimate of drug-likeness (QED) is 0.599. The van der Waals surface area contributed by atoms with E-state index in [9.17, 15) is 4.79 Å². The van der Waals surface area contributed by atoms with Gasteiger partial charge in [0.05, 0.1) is 0 Å². The topological polar surface area (TPSA) is 47.8 Å². The molecule has 1 aromatic heterocycles. The molecule has 5 heteroatoms. The lowest BCUT2D eigenvalue weighted by Crippen LogP contribution is -2.11. The van der Waals surface area contributed by atoms with Crippen LogP contribution in [-0.2, 0) is 30.6 Å². The molecule has 0 radical (unpaired) electrons. The molecule has 0 unspecified atom stereocenters. The summed E-state index contributed by atoms with van der Waals surface area (Å²) in [6, 6.07) is 5.75. The molecule has 1 aliphatic rings. The van der Waals surface area contributed by atoms with E-state index < -0.39 is 0 Å². The van der Waals surface area contributed by atoms with Crippen LogP contribution in [0.4, 0.5) is 0 Å². The molecule has 1 aromatic carbocycles. The van der Waals surface area contributed by atoms with Crippen LogP contribution in [-0.4, -0.2) is 20.5 Å². The van der Waals surface area contributed by atoms with E-state index in [4.69, 9.17) is 11.6 Å². The number of nitrogens with zero attached hydrogens (tertiary/aromatic N) is 3. The molecule has 1 heterocycles. The van der Waals surface area contributed by atoms with Crippen LogP contribution in [0.1, 0.15) is 68.2 Å². The summed E-state index contributed by atoms with van der Waals surface area (Å²) in [5.74, 6) is 3.10. The predicted molar refractivity (Wildman–Crippen MR) is 109 cm³/mol. The van der Waals surface area contributed by atoms with Gasteiger partial charge in [-0.2, -0.15) is 0 Å². The molecular weight excluding hydrogens is 358 g/mol. The Kier molecular flexibility index (Phi) is 7.06. The second kappa shape index (κ2) is 9.50. The number of benzene rings is 1. The van der Waals surface area contributed by atoms with E-state index in [0.717, 1.165) is 46.7 Å². The van der Waals surface area contributed by atoms with Gasteiger partial charge in [-0.05, 0) is 43.4 Å². The van der Waals surface area contributed by atoms with Crippen molar-refractivity contribution in [1.82, 2.24) is 14.8 Å². The van der Waals surface area contributed by atoms with E-state index in [1.54, 1.807) is 0 Å². The number of aryl methyl sites for hydroxylation is 2. The summed E-state index contributed by atoms with van der Waals surface area (Å²) in [4.78, 5) is 12.5. The van der Waals surface area contributed by atoms with Crippen molar-refractivity contribution in [1.29, 1.82) is 0 Å². The number of rotatable bonds is 9. The third-order valence-corrected chi connectivity index (χ3v) is 6.28. The molecule has 0 bridgehead atoms. The molecule has 0 aliphatic heterocycles. The molecule has 146 valence electrons. The van der Waals surface area contributed by atoms with Gasteiger partial charge in [-0.15, -0.1) is 10.2 Å². The maximum atomic E-state index is 12.5. The average molecular weight is 388 g/mol. The van der Waals surface area contributed by atoms with Crippen molar-refractivity contribution in [2.75, 3.05) is 0 Å². The largest absolute Gasteiger partial charge is 0.315 e. The zero-order chi connectivity index (χ0) is 19.2. The van der Waals surface area contributed by atoms with E-state index in [1.807, 2.05) is 25.1 Å². The summed E-state index contributed by atoms with van der Waals surface area (Å²) in [7, 11) is 0. The van der Waals surface area contributed by atoms with Gasteiger partial charge in [0.15, 0.2) is 0 Å². The highest BCUT2D eigenvalue weighted by atomic mass is 35.5. The van der Waals surface area contributed by atoms with Gasteiger partial charge < -0.3 is 4.57 Å². The normalized spacial score (nSPS) is 14.8. The summed E-state index contributed by atoms with van der Waals surface area (Å²) in [6.07, 6.45) is 9.28. The third-order valence-electron chi connectivity index (χ3n) is 5.87. The highest BCUT2D eigenvalue weighted by Gasteiger charge is 2.18. The van der Waals surface area contributed by atoms with Crippen LogP contribution in [0, 0.1) is 12.8 Å². The fraction of sp³-hybridized carbons (Fsp3) is 0.591. The van der Waals surface area contributed by atoms with Gasteiger partial charge in [0.25, 0.3) is 0 Å². The molecule has 0 N–H and O–H groups in total. The number of Topliss-reactive ketones (excluding diaryl/α,β-unsaturated/α-hetero) is 1. The summed E-state index contributed by atoms with van der Waals surface area (Å²) >= 11 is 6.16. The Morgan fingerprint density at radius 2 is 1.89 bits per heavy atom. The summed E-state index contributed by atoms with van der Waals surface area (Å²) < 4.78 is 2.20. The van der Waals surface area contributed by atoms with Crippen LogP contribution in [0.2, 0.25) is 5.02 Å². The minimum absolute atomic E-state index is 0.221. The Hall–Kier alpha value is -1.68. The first-order chi connectivity index (χ1) is 13.1. The van der Waals surface area contributed by atoms with E-state index in [0.29, 0.717) is 19.3 Å². The zero-order valence-corrected chi connectivity index (χ0v) is 17.3. The molecule has 1 aliphatic carbocycles. The van der Waals surface area contributed by atoms with Crippen molar-refractivity contribution in [2.45, 2.75) is 78.2 Å². The molecule has 3 rings (SSSR count). The zero-order valence-electron chi connectivity index (χ0n) is 16.5. The van der Waals surface area contributed by atoms with Crippen molar-refractivity contribution >= 4 is 17.4 Å². The molecule has 0 saturated heterocycles. The van der Waals surface area contributed by atoms with Crippen molar-refractivity contribution in [3.05, 3.63) is 46.0 Å². The lowest BCUT2D eigenvalue weighted by Gasteiger charge is -2.10. The summed E-state index contributed by atoms with van der Waals surface area (Å²) in [6.45, 7) is 4.96. The van der Waals surface area contributed by atoms with Crippen LogP contribution in [0.15, 0.2) is 18.2 Å². The molecule has 2 aromatic rings. The van der Waals surface area contributed by atoms with E-state index in [2.05, 4.69) is 21.7 Å². The Labute approximate surface area is 167 Å². The Balaban J connectivity index is 1.55. The van der Waals surface area contributed by atoms with Crippen LogP contribution >= 0.6 is 11.6 Å². The molecule has 0 spiro atoms. The minimum atomic E-state index is 0.221. The number of hydrogen-bond donors (Lipinski definition) is 0.